The van der Waals surface area contributed by atoms with E-state index < -0.39 is 0 Å². The fourth-order valence-corrected chi connectivity index (χ4v) is 3.68. The molecule has 3 heteroatoms. The van der Waals surface area contributed by atoms with Gasteiger partial charge in [-0.25, -0.2) is 0 Å². The van der Waals surface area contributed by atoms with Gasteiger partial charge in [0.05, 0.1) is 31.5 Å². The van der Waals surface area contributed by atoms with Crippen molar-refractivity contribution < 1.29 is 14.6 Å². The molecule has 0 amide bonds. The zero-order chi connectivity index (χ0) is 9.76. The van der Waals surface area contributed by atoms with Crippen LogP contribution in [-0.2, 0) is 9.47 Å². The smallest absolute Gasteiger partial charge is 0.0902 e. The van der Waals surface area contributed by atoms with Crippen LogP contribution in [0.1, 0.15) is 26.2 Å². The maximum absolute atomic E-state index is 9.97. The molecular weight excluding hydrogens is 180 g/mol. The Balaban J connectivity index is 1.85. The molecule has 0 aromatic heterocycles. The lowest BCUT2D eigenvalue weighted by atomic mass is 9.50. The predicted octanol–water partition coefficient (Wildman–Crippen LogP) is 0.951. The van der Waals surface area contributed by atoms with E-state index in [1.807, 2.05) is 0 Å². The number of aliphatic hydroxyl groups excluding tert-OH is 1. The molecule has 1 saturated heterocycles. The summed E-state index contributed by atoms with van der Waals surface area (Å²) in [7, 11) is 0. The molecule has 3 fully saturated rings. The van der Waals surface area contributed by atoms with Gasteiger partial charge in [0.25, 0.3) is 0 Å². The molecule has 1 N–H and O–H groups in total. The highest BCUT2D eigenvalue weighted by atomic mass is 16.6. The number of hydrogen-bond acceptors (Lipinski definition) is 3. The summed E-state index contributed by atoms with van der Waals surface area (Å²) in [5.41, 5.74) is 0.183. The van der Waals surface area contributed by atoms with Gasteiger partial charge in [-0.3, -0.25) is 0 Å². The first-order valence-corrected chi connectivity index (χ1v) is 5.65. The predicted molar refractivity (Wildman–Crippen MR) is 50.9 cm³/mol. The fourth-order valence-electron chi connectivity index (χ4n) is 3.68. The van der Waals surface area contributed by atoms with E-state index in [9.17, 15) is 5.11 Å². The van der Waals surface area contributed by atoms with Crippen LogP contribution >= 0.6 is 0 Å². The van der Waals surface area contributed by atoms with Crippen LogP contribution in [0.4, 0.5) is 0 Å². The maximum Gasteiger partial charge on any atom is 0.0902 e. The number of aliphatic hydroxyl groups is 1. The van der Waals surface area contributed by atoms with Crippen LogP contribution in [0.3, 0.4) is 0 Å². The lowest BCUT2D eigenvalue weighted by molar-refractivity contribution is -0.315. The van der Waals surface area contributed by atoms with Crippen molar-refractivity contribution in [2.75, 3.05) is 13.2 Å². The SMILES string of the molecule is C[C@]12CCC[C@@H](O)[C@H]1[C@@H]1OCCO[C@@H]12. The van der Waals surface area contributed by atoms with Gasteiger partial charge in [0.15, 0.2) is 0 Å². The van der Waals surface area contributed by atoms with Crippen LogP contribution in [0.25, 0.3) is 0 Å². The molecular formula is C11H18O3. The largest absolute Gasteiger partial charge is 0.393 e. The maximum atomic E-state index is 9.97. The van der Waals surface area contributed by atoms with Gasteiger partial charge >= 0.3 is 0 Å². The first kappa shape index (κ1) is 9.13. The quantitative estimate of drug-likeness (QED) is 0.630. The van der Waals surface area contributed by atoms with E-state index in [0.717, 1.165) is 19.4 Å². The average molecular weight is 198 g/mol. The van der Waals surface area contributed by atoms with E-state index in [1.165, 1.54) is 6.42 Å². The molecule has 1 heterocycles. The van der Waals surface area contributed by atoms with Crippen molar-refractivity contribution in [1.29, 1.82) is 0 Å². The van der Waals surface area contributed by atoms with Crippen LogP contribution in [0.5, 0.6) is 0 Å². The van der Waals surface area contributed by atoms with Crippen LogP contribution in [0.2, 0.25) is 0 Å². The Hall–Kier alpha value is -0.120. The summed E-state index contributed by atoms with van der Waals surface area (Å²) in [6.07, 6.45) is 3.49. The average Bonchev–Trinajstić information content (AvgIpc) is 2.16. The molecule has 2 aliphatic carbocycles. The second-order valence-electron chi connectivity index (χ2n) is 5.12. The second-order valence-corrected chi connectivity index (χ2v) is 5.12. The molecule has 0 aromatic carbocycles. The van der Waals surface area contributed by atoms with E-state index in [0.29, 0.717) is 12.5 Å². The Labute approximate surface area is 84.4 Å². The molecule has 80 valence electrons. The molecule has 14 heavy (non-hydrogen) atoms. The zero-order valence-corrected chi connectivity index (χ0v) is 8.61. The number of rotatable bonds is 0. The molecule has 2 saturated carbocycles. The summed E-state index contributed by atoms with van der Waals surface area (Å²) in [5, 5.41) is 9.97. The highest BCUT2D eigenvalue weighted by Crippen LogP contribution is 2.58. The topological polar surface area (TPSA) is 38.7 Å². The third-order valence-corrected chi connectivity index (χ3v) is 4.38. The van der Waals surface area contributed by atoms with E-state index in [-0.39, 0.29) is 23.7 Å². The number of ether oxygens (including phenoxy) is 2. The summed E-state index contributed by atoms with van der Waals surface area (Å²) in [5.74, 6) is 0.321. The van der Waals surface area contributed by atoms with Crippen molar-refractivity contribution in [3.63, 3.8) is 0 Å². The van der Waals surface area contributed by atoms with Gasteiger partial charge in [0, 0.05) is 11.3 Å². The molecule has 0 bridgehead atoms. The van der Waals surface area contributed by atoms with E-state index >= 15 is 0 Å². The van der Waals surface area contributed by atoms with Gasteiger partial charge in [-0.15, -0.1) is 0 Å². The van der Waals surface area contributed by atoms with Crippen LogP contribution in [0, 0.1) is 11.3 Å². The first-order chi connectivity index (χ1) is 6.73. The molecule has 0 aromatic rings. The summed E-state index contributed by atoms with van der Waals surface area (Å²) in [4.78, 5) is 0. The van der Waals surface area contributed by atoms with Gasteiger partial charge < -0.3 is 14.6 Å². The molecule has 3 nitrogen and oxygen atoms in total. The van der Waals surface area contributed by atoms with Crippen molar-refractivity contribution in [1.82, 2.24) is 0 Å². The Morgan fingerprint density at radius 1 is 1.29 bits per heavy atom. The van der Waals surface area contributed by atoms with Crippen LogP contribution in [0.15, 0.2) is 0 Å². The molecule has 0 spiro atoms. The van der Waals surface area contributed by atoms with Gasteiger partial charge in [-0.05, 0) is 12.8 Å². The van der Waals surface area contributed by atoms with Crippen LogP contribution in [-0.4, -0.2) is 36.6 Å². The van der Waals surface area contributed by atoms with E-state index in [1.54, 1.807) is 0 Å². The van der Waals surface area contributed by atoms with Crippen molar-refractivity contribution in [2.24, 2.45) is 11.3 Å². The normalized spacial score (nSPS) is 57.0. The second kappa shape index (κ2) is 2.94. The third kappa shape index (κ3) is 0.980. The minimum absolute atomic E-state index is 0.170. The third-order valence-electron chi connectivity index (χ3n) is 4.38. The van der Waals surface area contributed by atoms with Gasteiger partial charge in [-0.1, -0.05) is 13.3 Å². The molecule has 1 aliphatic heterocycles. The Bertz CT molecular complexity index is 243. The summed E-state index contributed by atoms with van der Waals surface area (Å²) < 4.78 is 11.5. The lowest BCUT2D eigenvalue weighted by Gasteiger charge is -2.63. The minimum Gasteiger partial charge on any atom is -0.393 e. The van der Waals surface area contributed by atoms with Crippen molar-refractivity contribution in [3.8, 4) is 0 Å². The lowest BCUT2D eigenvalue weighted by Crippen LogP contribution is -2.71. The van der Waals surface area contributed by atoms with Crippen LogP contribution < -0.4 is 0 Å². The summed E-state index contributed by atoms with van der Waals surface area (Å²) in [6.45, 7) is 3.66. The Morgan fingerprint density at radius 3 is 2.93 bits per heavy atom. The summed E-state index contributed by atoms with van der Waals surface area (Å²) in [6, 6.07) is 0. The molecule has 3 aliphatic rings. The summed E-state index contributed by atoms with van der Waals surface area (Å²) >= 11 is 0. The van der Waals surface area contributed by atoms with Crippen molar-refractivity contribution in [2.45, 2.75) is 44.5 Å². The van der Waals surface area contributed by atoms with E-state index in [2.05, 4.69) is 6.92 Å². The first-order valence-electron chi connectivity index (χ1n) is 5.65. The zero-order valence-electron chi connectivity index (χ0n) is 8.61. The van der Waals surface area contributed by atoms with Gasteiger partial charge in [-0.2, -0.15) is 0 Å². The van der Waals surface area contributed by atoms with Gasteiger partial charge in [0.2, 0.25) is 0 Å². The Kier molecular flexibility index (Phi) is 1.92. The van der Waals surface area contributed by atoms with Gasteiger partial charge in [0.1, 0.15) is 0 Å². The fraction of sp³-hybridized carbons (Fsp3) is 1.00. The molecule has 5 atom stereocenters. The standard InChI is InChI=1S/C11H18O3/c1-11-4-2-3-7(12)8(11)9-10(11)14-6-5-13-9/h7-10,12H,2-6H2,1H3/t7-,8+,9+,10+,11+/m1/s1. The minimum atomic E-state index is -0.170. The Morgan fingerprint density at radius 2 is 2.07 bits per heavy atom. The highest BCUT2D eigenvalue weighted by Gasteiger charge is 2.64. The van der Waals surface area contributed by atoms with Crippen molar-refractivity contribution >= 4 is 0 Å². The number of fused-ring (bicyclic) bond motifs is 4. The van der Waals surface area contributed by atoms with Crippen molar-refractivity contribution in [3.05, 3.63) is 0 Å². The van der Waals surface area contributed by atoms with E-state index in [4.69, 9.17) is 9.47 Å². The molecule has 0 unspecified atom stereocenters. The highest BCUT2D eigenvalue weighted by molar-refractivity contribution is 5.13. The molecule has 0 radical (unpaired) electrons. The molecule has 3 rings (SSSR count). The number of hydrogen-bond donors (Lipinski definition) is 1. The monoisotopic (exact) mass is 198 g/mol.